The summed E-state index contributed by atoms with van der Waals surface area (Å²) in [6.45, 7) is 6.15. The van der Waals surface area contributed by atoms with Crippen LogP contribution in [0.2, 0.25) is 0 Å². The van der Waals surface area contributed by atoms with Crippen LogP contribution >= 0.6 is 0 Å². The Bertz CT molecular complexity index is 900. The molecule has 6 nitrogen and oxygen atoms in total. The monoisotopic (exact) mass is 352 g/mol. The van der Waals surface area contributed by atoms with Gasteiger partial charge in [-0.1, -0.05) is 19.1 Å². The molecule has 0 spiro atoms. The number of fused-ring (bicyclic) bond motifs is 1. The van der Waals surface area contributed by atoms with E-state index in [2.05, 4.69) is 29.2 Å². The zero-order valence-electron chi connectivity index (χ0n) is 15.6. The highest BCUT2D eigenvalue weighted by atomic mass is 16.5. The Labute approximate surface area is 153 Å². The van der Waals surface area contributed by atoms with Gasteiger partial charge in [-0.05, 0) is 44.0 Å². The van der Waals surface area contributed by atoms with E-state index >= 15 is 0 Å². The molecule has 2 aromatic heterocycles. The largest absolute Gasteiger partial charge is 0.497 e. The van der Waals surface area contributed by atoms with Crippen LogP contribution in [0.5, 0.6) is 5.75 Å². The Morgan fingerprint density at radius 2 is 1.96 bits per heavy atom. The maximum absolute atomic E-state index is 12.7. The van der Waals surface area contributed by atoms with Gasteiger partial charge >= 0.3 is 0 Å². The van der Waals surface area contributed by atoms with Crippen molar-refractivity contribution in [1.29, 1.82) is 0 Å². The van der Waals surface area contributed by atoms with Crippen LogP contribution in [0, 0.1) is 0 Å². The average molecular weight is 352 g/mol. The lowest BCUT2D eigenvalue weighted by atomic mass is 10.0. The third-order valence-electron chi connectivity index (χ3n) is 4.42. The van der Waals surface area contributed by atoms with Crippen LogP contribution in [0.3, 0.4) is 0 Å². The summed E-state index contributed by atoms with van der Waals surface area (Å²) in [6.07, 6.45) is 4.15. The van der Waals surface area contributed by atoms with Crippen LogP contribution in [0.25, 0.3) is 11.0 Å². The molecule has 1 aromatic carbocycles. The first-order valence-corrected chi connectivity index (χ1v) is 8.81. The molecule has 0 saturated carbocycles. The Kier molecular flexibility index (Phi) is 5.21. The van der Waals surface area contributed by atoms with E-state index in [0.29, 0.717) is 5.56 Å². The summed E-state index contributed by atoms with van der Waals surface area (Å²) in [4.78, 5) is 17.1. The number of pyridine rings is 1. The lowest BCUT2D eigenvalue weighted by Gasteiger charge is -2.18. The molecular formula is C20H24N4O2. The Morgan fingerprint density at radius 3 is 2.58 bits per heavy atom. The van der Waals surface area contributed by atoms with Crippen LogP contribution in [0.15, 0.2) is 42.7 Å². The number of nitrogens with zero attached hydrogens (tertiary/aromatic N) is 3. The molecule has 0 saturated heterocycles. The highest BCUT2D eigenvalue weighted by molar-refractivity contribution is 5.97. The van der Waals surface area contributed by atoms with Gasteiger partial charge in [-0.3, -0.25) is 4.79 Å². The number of ether oxygens (including phenoxy) is 1. The van der Waals surface area contributed by atoms with E-state index in [4.69, 9.17) is 4.74 Å². The summed E-state index contributed by atoms with van der Waals surface area (Å²) in [5.41, 5.74) is 2.37. The second-order valence-electron chi connectivity index (χ2n) is 6.53. The minimum absolute atomic E-state index is 0.0671. The molecule has 0 aliphatic carbocycles. The van der Waals surface area contributed by atoms with Gasteiger partial charge in [0.1, 0.15) is 5.75 Å². The Hall–Kier alpha value is -2.89. The van der Waals surface area contributed by atoms with Gasteiger partial charge in [-0.2, -0.15) is 5.10 Å². The van der Waals surface area contributed by atoms with E-state index in [0.717, 1.165) is 28.8 Å². The van der Waals surface area contributed by atoms with Gasteiger partial charge in [0, 0.05) is 17.6 Å². The number of carbonyl (C=O) groups is 1. The summed E-state index contributed by atoms with van der Waals surface area (Å²) >= 11 is 0. The average Bonchev–Trinajstić information content (AvgIpc) is 3.09. The van der Waals surface area contributed by atoms with Crippen LogP contribution in [-0.4, -0.2) is 27.8 Å². The van der Waals surface area contributed by atoms with Crippen molar-refractivity contribution < 1.29 is 9.53 Å². The number of hydrogen-bond donors (Lipinski definition) is 1. The first-order chi connectivity index (χ1) is 12.5. The van der Waals surface area contributed by atoms with Gasteiger partial charge in [0.05, 0.1) is 24.9 Å². The number of amides is 1. The predicted octanol–water partition coefficient (Wildman–Crippen LogP) is 3.90. The van der Waals surface area contributed by atoms with Crippen molar-refractivity contribution in [1.82, 2.24) is 20.1 Å². The molecule has 0 unspecified atom stereocenters. The fourth-order valence-corrected chi connectivity index (χ4v) is 2.94. The van der Waals surface area contributed by atoms with Gasteiger partial charge in [0.15, 0.2) is 5.65 Å². The molecule has 3 rings (SSSR count). The van der Waals surface area contributed by atoms with Crippen LogP contribution in [-0.2, 0) is 0 Å². The van der Waals surface area contributed by atoms with Crippen LogP contribution < -0.4 is 10.1 Å². The van der Waals surface area contributed by atoms with Gasteiger partial charge in [0.25, 0.3) is 5.91 Å². The van der Waals surface area contributed by atoms with E-state index in [1.54, 1.807) is 19.5 Å². The van der Waals surface area contributed by atoms with Crippen molar-refractivity contribution in [2.24, 2.45) is 0 Å². The lowest BCUT2D eigenvalue weighted by Crippen LogP contribution is -2.28. The van der Waals surface area contributed by atoms with Crippen molar-refractivity contribution in [2.75, 3.05) is 7.11 Å². The second kappa shape index (κ2) is 7.56. The number of carbonyl (C=O) groups excluding carboxylic acids is 1. The summed E-state index contributed by atoms with van der Waals surface area (Å²) in [5.74, 6) is 0.658. The maximum atomic E-state index is 12.7. The summed E-state index contributed by atoms with van der Waals surface area (Å²) in [7, 11) is 1.64. The second-order valence-corrected chi connectivity index (χ2v) is 6.53. The van der Waals surface area contributed by atoms with Crippen molar-refractivity contribution in [2.45, 2.75) is 39.3 Å². The normalized spacial score (nSPS) is 12.3. The quantitative estimate of drug-likeness (QED) is 0.730. The van der Waals surface area contributed by atoms with Crippen molar-refractivity contribution >= 4 is 16.9 Å². The van der Waals surface area contributed by atoms with Gasteiger partial charge in [-0.15, -0.1) is 0 Å². The zero-order chi connectivity index (χ0) is 18.7. The van der Waals surface area contributed by atoms with E-state index < -0.39 is 0 Å². The molecule has 2 heterocycles. The highest BCUT2D eigenvalue weighted by Gasteiger charge is 2.16. The number of rotatable bonds is 6. The Morgan fingerprint density at radius 1 is 1.23 bits per heavy atom. The van der Waals surface area contributed by atoms with E-state index in [1.165, 1.54) is 0 Å². The first kappa shape index (κ1) is 17.9. The van der Waals surface area contributed by atoms with Crippen LogP contribution in [0.1, 0.15) is 55.2 Å². The molecule has 1 N–H and O–H groups in total. The fraction of sp³-hybridized carbons (Fsp3) is 0.350. The molecule has 136 valence electrons. The number of nitrogens with one attached hydrogen (secondary N) is 1. The molecule has 6 heteroatoms. The topological polar surface area (TPSA) is 69.0 Å². The van der Waals surface area contributed by atoms with Gasteiger partial charge in [0.2, 0.25) is 0 Å². The summed E-state index contributed by atoms with van der Waals surface area (Å²) in [5, 5.41) is 8.30. The van der Waals surface area contributed by atoms with Crippen molar-refractivity contribution in [3.63, 3.8) is 0 Å². The predicted molar refractivity (Wildman–Crippen MR) is 101 cm³/mol. The molecule has 0 radical (unpaired) electrons. The molecule has 0 fully saturated rings. The zero-order valence-corrected chi connectivity index (χ0v) is 15.6. The lowest BCUT2D eigenvalue weighted by molar-refractivity contribution is 0.0935. The van der Waals surface area contributed by atoms with E-state index in [9.17, 15) is 4.79 Å². The first-order valence-electron chi connectivity index (χ1n) is 8.81. The third-order valence-corrected chi connectivity index (χ3v) is 4.42. The van der Waals surface area contributed by atoms with Crippen LogP contribution in [0.4, 0.5) is 0 Å². The minimum atomic E-state index is -0.139. The molecule has 1 atom stereocenters. The van der Waals surface area contributed by atoms with E-state index in [-0.39, 0.29) is 18.0 Å². The molecule has 3 aromatic rings. The number of methoxy groups -OCH3 is 1. The molecule has 0 aliphatic rings. The smallest absolute Gasteiger partial charge is 0.253 e. The number of benzene rings is 1. The standard InChI is InChI=1S/C20H24N4O2/c1-5-18(14-6-8-17(26-4)9-7-14)23-20(25)16-10-15-12-22-24(13(2)3)19(15)21-11-16/h6-13,18H,5H2,1-4H3,(H,23,25)/t18-/m0/s1. The number of hydrogen-bond acceptors (Lipinski definition) is 4. The van der Waals surface area contributed by atoms with Crippen molar-refractivity contribution in [3.05, 3.63) is 53.9 Å². The summed E-state index contributed by atoms with van der Waals surface area (Å²) < 4.78 is 7.04. The molecule has 0 aliphatic heterocycles. The Balaban J connectivity index is 1.80. The molecule has 26 heavy (non-hydrogen) atoms. The highest BCUT2D eigenvalue weighted by Crippen LogP contribution is 2.21. The SMILES string of the molecule is CC[C@H](NC(=O)c1cnc2c(cnn2C(C)C)c1)c1ccc(OC)cc1. The van der Waals surface area contributed by atoms with Crippen molar-refractivity contribution in [3.8, 4) is 5.75 Å². The number of aromatic nitrogens is 3. The molecule has 1 amide bonds. The maximum Gasteiger partial charge on any atom is 0.253 e. The van der Waals surface area contributed by atoms with Gasteiger partial charge < -0.3 is 10.1 Å². The molecule has 0 bridgehead atoms. The van der Waals surface area contributed by atoms with E-state index in [1.807, 2.05) is 41.9 Å². The summed E-state index contributed by atoms with van der Waals surface area (Å²) in [6, 6.07) is 9.74. The van der Waals surface area contributed by atoms with Gasteiger partial charge in [-0.25, -0.2) is 9.67 Å². The minimum Gasteiger partial charge on any atom is -0.497 e. The molecular weight excluding hydrogens is 328 g/mol. The third kappa shape index (κ3) is 3.54. The fourth-order valence-electron chi connectivity index (χ4n) is 2.94.